The summed E-state index contributed by atoms with van der Waals surface area (Å²) < 4.78 is 13.7. The topological polar surface area (TPSA) is 49.4 Å². The fourth-order valence-corrected chi connectivity index (χ4v) is 3.00. The van der Waals surface area contributed by atoms with Gasteiger partial charge in [0.05, 0.1) is 12.5 Å². The molecule has 0 spiro atoms. The molecule has 2 aromatic rings. The quantitative estimate of drug-likeness (QED) is 0.929. The summed E-state index contributed by atoms with van der Waals surface area (Å²) in [5, 5.41) is 2.74. The van der Waals surface area contributed by atoms with Gasteiger partial charge in [-0.05, 0) is 23.3 Å². The van der Waals surface area contributed by atoms with Crippen LogP contribution in [0.15, 0.2) is 54.7 Å². The molecule has 0 bridgehead atoms. The molecular formula is C20H19FN2O2. The van der Waals surface area contributed by atoms with Crippen molar-refractivity contribution in [1.29, 1.82) is 0 Å². The summed E-state index contributed by atoms with van der Waals surface area (Å²) in [5.41, 5.74) is 2.36. The van der Waals surface area contributed by atoms with Crippen LogP contribution >= 0.6 is 0 Å². The summed E-state index contributed by atoms with van der Waals surface area (Å²) in [6, 6.07) is 13.6. The van der Waals surface area contributed by atoms with Gasteiger partial charge in [0.2, 0.25) is 11.8 Å². The van der Waals surface area contributed by atoms with Crippen LogP contribution in [-0.4, -0.2) is 16.7 Å². The summed E-state index contributed by atoms with van der Waals surface area (Å²) in [7, 11) is 0. The zero-order valence-corrected chi connectivity index (χ0v) is 13.9. The van der Waals surface area contributed by atoms with E-state index >= 15 is 0 Å². The highest BCUT2D eigenvalue weighted by molar-refractivity contribution is 5.81. The van der Waals surface area contributed by atoms with E-state index in [4.69, 9.17) is 0 Å². The van der Waals surface area contributed by atoms with Crippen LogP contribution in [0.5, 0.6) is 0 Å². The van der Waals surface area contributed by atoms with E-state index in [0.717, 1.165) is 11.1 Å². The Hall–Kier alpha value is -2.95. The molecule has 25 heavy (non-hydrogen) atoms. The number of fused-ring (bicyclic) bond motifs is 1. The fourth-order valence-electron chi connectivity index (χ4n) is 3.00. The molecule has 128 valence electrons. The SMILES string of the molecule is CC(=O)N1C=Cc2ccccc2[C@@H]1CC(=O)NCc1ccccc1F. The number of halogens is 1. The molecule has 2 aromatic carbocycles. The van der Waals surface area contributed by atoms with E-state index in [1.54, 1.807) is 29.3 Å². The van der Waals surface area contributed by atoms with E-state index in [9.17, 15) is 14.0 Å². The highest BCUT2D eigenvalue weighted by Crippen LogP contribution is 2.32. The van der Waals surface area contributed by atoms with Crippen LogP contribution in [-0.2, 0) is 16.1 Å². The Morgan fingerprint density at radius 1 is 1.12 bits per heavy atom. The third-order valence-corrected chi connectivity index (χ3v) is 4.28. The van der Waals surface area contributed by atoms with Gasteiger partial charge in [0, 0.05) is 25.2 Å². The van der Waals surface area contributed by atoms with Crippen molar-refractivity contribution < 1.29 is 14.0 Å². The minimum Gasteiger partial charge on any atom is -0.352 e. The molecule has 0 radical (unpaired) electrons. The number of rotatable bonds is 4. The van der Waals surface area contributed by atoms with E-state index in [2.05, 4.69) is 5.32 Å². The van der Waals surface area contributed by atoms with Crippen LogP contribution in [0.4, 0.5) is 4.39 Å². The Kier molecular flexibility index (Phi) is 4.93. The Bertz CT molecular complexity index is 832. The lowest BCUT2D eigenvalue weighted by atomic mass is 9.93. The summed E-state index contributed by atoms with van der Waals surface area (Å²) in [5.74, 6) is -0.707. The number of amides is 2. The first-order valence-electron chi connectivity index (χ1n) is 8.12. The number of carbonyl (C=O) groups excluding carboxylic acids is 2. The molecule has 1 aliphatic rings. The average molecular weight is 338 g/mol. The zero-order valence-electron chi connectivity index (χ0n) is 13.9. The lowest BCUT2D eigenvalue weighted by Crippen LogP contribution is -2.35. The molecule has 0 fully saturated rings. The van der Waals surface area contributed by atoms with Crippen LogP contribution in [0.1, 0.15) is 36.1 Å². The predicted molar refractivity (Wildman–Crippen MR) is 93.6 cm³/mol. The first-order valence-corrected chi connectivity index (χ1v) is 8.12. The Morgan fingerprint density at radius 2 is 1.84 bits per heavy atom. The van der Waals surface area contributed by atoms with Crippen LogP contribution < -0.4 is 5.32 Å². The molecule has 5 heteroatoms. The monoisotopic (exact) mass is 338 g/mol. The average Bonchev–Trinajstić information content (AvgIpc) is 2.61. The van der Waals surface area contributed by atoms with Gasteiger partial charge in [-0.2, -0.15) is 0 Å². The van der Waals surface area contributed by atoms with Gasteiger partial charge in [0.15, 0.2) is 0 Å². The van der Waals surface area contributed by atoms with Crippen molar-refractivity contribution in [3.8, 4) is 0 Å². The normalized spacial score (nSPS) is 15.6. The van der Waals surface area contributed by atoms with E-state index in [0.29, 0.717) is 5.56 Å². The van der Waals surface area contributed by atoms with Gasteiger partial charge in [0.25, 0.3) is 0 Å². The number of hydrogen-bond acceptors (Lipinski definition) is 2. The van der Waals surface area contributed by atoms with Crippen molar-refractivity contribution in [3.63, 3.8) is 0 Å². The molecule has 1 N–H and O–H groups in total. The van der Waals surface area contributed by atoms with Gasteiger partial charge in [-0.15, -0.1) is 0 Å². The van der Waals surface area contributed by atoms with E-state index in [1.165, 1.54) is 13.0 Å². The summed E-state index contributed by atoms with van der Waals surface area (Å²) >= 11 is 0. The molecule has 0 aromatic heterocycles. The maximum atomic E-state index is 13.7. The van der Waals surface area contributed by atoms with Gasteiger partial charge in [-0.3, -0.25) is 9.59 Å². The lowest BCUT2D eigenvalue weighted by Gasteiger charge is -2.32. The number of carbonyl (C=O) groups is 2. The van der Waals surface area contributed by atoms with Gasteiger partial charge in [-0.25, -0.2) is 4.39 Å². The van der Waals surface area contributed by atoms with Crippen LogP contribution in [0.3, 0.4) is 0 Å². The highest BCUT2D eigenvalue weighted by atomic mass is 19.1. The third-order valence-electron chi connectivity index (χ3n) is 4.28. The van der Waals surface area contributed by atoms with Crippen molar-refractivity contribution in [1.82, 2.24) is 10.2 Å². The van der Waals surface area contributed by atoms with E-state index < -0.39 is 0 Å². The van der Waals surface area contributed by atoms with Crippen LogP contribution in [0.2, 0.25) is 0 Å². The van der Waals surface area contributed by atoms with E-state index in [-0.39, 0.29) is 36.6 Å². The van der Waals surface area contributed by atoms with Gasteiger partial charge in [0.1, 0.15) is 5.82 Å². The second-order valence-corrected chi connectivity index (χ2v) is 5.96. The second-order valence-electron chi connectivity index (χ2n) is 5.96. The number of benzene rings is 2. The fraction of sp³-hybridized carbons (Fsp3) is 0.200. The lowest BCUT2D eigenvalue weighted by molar-refractivity contribution is -0.130. The molecule has 1 aliphatic heterocycles. The van der Waals surface area contributed by atoms with Crippen LogP contribution in [0.25, 0.3) is 6.08 Å². The smallest absolute Gasteiger partial charge is 0.223 e. The molecule has 4 nitrogen and oxygen atoms in total. The van der Waals surface area contributed by atoms with Crippen LogP contribution in [0, 0.1) is 5.82 Å². The first kappa shape index (κ1) is 16.9. The Balaban J connectivity index is 1.73. The molecule has 0 aliphatic carbocycles. The van der Waals surface area contributed by atoms with Crippen molar-refractivity contribution in [2.45, 2.75) is 25.9 Å². The third kappa shape index (κ3) is 3.76. The highest BCUT2D eigenvalue weighted by Gasteiger charge is 2.28. The van der Waals surface area contributed by atoms with Gasteiger partial charge in [-0.1, -0.05) is 42.5 Å². The number of hydrogen-bond donors (Lipinski definition) is 1. The number of nitrogens with zero attached hydrogens (tertiary/aromatic N) is 1. The van der Waals surface area contributed by atoms with Crippen molar-refractivity contribution >= 4 is 17.9 Å². The Labute approximate surface area is 146 Å². The minimum absolute atomic E-state index is 0.120. The first-order chi connectivity index (χ1) is 12.1. The van der Waals surface area contributed by atoms with E-state index in [1.807, 2.05) is 30.3 Å². The maximum absolute atomic E-state index is 13.7. The molecule has 0 saturated carbocycles. The Morgan fingerprint density at radius 3 is 2.60 bits per heavy atom. The number of nitrogens with one attached hydrogen (secondary N) is 1. The summed E-state index contributed by atoms with van der Waals surface area (Å²) in [6.07, 6.45) is 3.69. The molecule has 1 heterocycles. The molecule has 2 amide bonds. The molecule has 0 unspecified atom stereocenters. The standard InChI is InChI=1S/C20H19FN2O2/c1-14(24)23-11-10-15-6-2-4-8-17(15)19(23)12-20(25)22-13-16-7-3-5-9-18(16)21/h2-11,19H,12-13H2,1H3,(H,22,25)/t19-/m0/s1. The largest absolute Gasteiger partial charge is 0.352 e. The minimum atomic E-state index is -0.362. The molecular weight excluding hydrogens is 319 g/mol. The second kappa shape index (κ2) is 7.30. The van der Waals surface area contributed by atoms with Gasteiger partial charge < -0.3 is 10.2 Å². The molecule has 1 atom stereocenters. The van der Waals surface area contributed by atoms with Crippen molar-refractivity contribution in [2.24, 2.45) is 0 Å². The summed E-state index contributed by atoms with van der Waals surface area (Å²) in [4.78, 5) is 25.9. The predicted octanol–water partition coefficient (Wildman–Crippen LogP) is 3.41. The molecule has 0 saturated heterocycles. The zero-order chi connectivity index (χ0) is 17.8. The van der Waals surface area contributed by atoms with Gasteiger partial charge >= 0.3 is 0 Å². The summed E-state index contributed by atoms with van der Waals surface area (Å²) in [6.45, 7) is 1.60. The van der Waals surface area contributed by atoms with Crippen molar-refractivity contribution in [2.75, 3.05) is 0 Å². The maximum Gasteiger partial charge on any atom is 0.223 e. The molecule has 3 rings (SSSR count). The van der Waals surface area contributed by atoms with Crippen molar-refractivity contribution in [3.05, 3.63) is 77.2 Å².